The first-order valence-electron chi connectivity index (χ1n) is 8.44. The van der Waals surface area contributed by atoms with Crippen LogP contribution in [0, 0.1) is 11.8 Å². The van der Waals surface area contributed by atoms with Gasteiger partial charge in [0.05, 0.1) is 18.2 Å². The van der Waals surface area contributed by atoms with E-state index in [4.69, 9.17) is 4.74 Å². The minimum atomic E-state index is -3.81. The number of sulfonamides is 1. The van der Waals surface area contributed by atoms with E-state index in [2.05, 4.69) is 5.10 Å². The smallest absolute Gasteiger partial charge is 0.309 e. The van der Waals surface area contributed by atoms with Crippen molar-refractivity contribution in [2.75, 3.05) is 19.7 Å². The number of carboxylic acids is 1. The summed E-state index contributed by atoms with van der Waals surface area (Å²) in [6, 6.07) is 0. The Labute approximate surface area is 149 Å². The summed E-state index contributed by atoms with van der Waals surface area (Å²) < 4.78 is 57.8. The first kappa shape index (κ1) is 19.2. The van der Waals surface area contributed by atoms with Gasteiger partial charge in [-0.1, -0.05) is 0 Å². The van der Waals surface area contributed by atoms with Crippen molar-refractivity contribution in [1.82, 2.24) is 14.1 Å². The second kappa shape index (κ2) is 7.57. The molecule has 1 aromatic heterocycles. The third-order valence-corrected chi connectivity index (χ3v) is 6.84. The Morgan fingerprint density at radius 2 is 2.04 bits per heavy atom. The summed E-state index contributed by atoms with van der Waals surface area (Å²) in [7, 11) is -3.81. The predicted molar refractivity (Wildman–Crippen MR) is 85.2 cm³/mol. The monoisotopic (exact) mass is 393 g/mol. The highest BCUT2D eigenvalue weighted by Gasteiger charge is 2.41. The van der Waals surface area contributed by atoms with E-state index in [0.717, 1.165) is 17.1 Å². The van der Waals surface area contributed by atoms with Gasteiger partial charge in [-0.05, 0) is 25.2 Å². The Balaban J connectivity index is 1.63. The Bertz CT molecular complexity index is 746. The number of aliphatic carboxylic acids is 1. The molecule has 26 heavy (non-hydrogen) atoms. The van der Waals surface area contributed by atoms with Crippen LogP contribution in [0.3, 0.4) is 0 Å². The molecule has 0 saturated carbocycles. The van der Waals surface area contributed by atoms with Crippen LogP contribution < -0.4 is 0 Å². The maximum absolute atomic E-state index is 12.6. The number of alkyl halides is 2. The molecule has 2 aliphatic rings. The highest BCUT2D eigenvalue weighted by Crippen LogP contribution is 2.34. The molecule has 0 amide bonds. The van der Waals surface area contributed by atoms with Crippen LogP contribution in [0.1, 0.15) is 19.3 Å². The number of rotatable bonds is 6. The predicted octanol–water partition coefficient (Wildman–Crippen LogP) is 1.04. The van der Waals surface area contributed by atoms with E-state index in [1.165, 1.54) is 4.31 Å². The molecule has 8 nitrogen and oxygen atoms in total. The highest BCUT2D eigenvalue weighted by atomic mass is 32.2. The van der Waals surface area contributed by atoms with Crippen molar-refractivity contribution in [1.29, 1.82) is 0 Å². The molecule has 1 aromatic rings. The van der Waals surface area contributed by atoms with Crippen molar-refractivity contribution < 1.29 is 31.8 Å². The fourth-order valence-corrected chi connectivity index (χ4v) is 5.08. The van der Waals surface area contributed by atoms with Gasteiger partial charge in [0, 0.05) is 25.9 Å². The Kier molecular flexibility index (Phi) is 5.58. The molecule has 1 N–H and O–H groups in total. The summed E-state index contributed by atoms with van der Waals surface area (Å²) in [6.45, 7) is 0.217. The third-order valence-electron chi connectivity index (χ3n) is 4.99. The van der Waals surface area contributed by atoms with Crippen molar-refractivity contribution in [3.63, 3.8) is 0 Å². The molecule has 2 atom stereocenters. The van der Waals surface area contributed by atoms with E-state index < -0.39 is 34.9 Å². The number of aromatic nitrogens is 2. The summed E-state index contributed by atoms with van der Waals surface area (Å²) in [5.74, 6) is -1.43. The Morgan fingerprint density at radius 1 is 1.35 bits per heavy atom. The fourth-order valence-electron chi connectivity index (χ4n) is 3.65. The minimum absolute atomic E-state index is 0.00777. The quantitative estimate of drug-likeness (QED) is 0.775. The van der Waals surface area contributed by atoms with Crippen molar-refractivity contribution in [3.05, 3.63) is 12.4 Å². The van der Waals surface area contributed by atoms with E-state index >= 15 is 0 Å². The standard InChI is InChI=1S/C15H21F2N3O5S/c16-13(17)9-19-8-11(7-18-19)26(23,24)20-4-1-10(2-5-20)14-12(15(21)22)3-6-25-14/h7-8,10,12-14H,1-6,9H2,(H,21,22)/t12?,14-/m0/s1. The Morgan fingerprint density at radius 3 is 2.65 bits per heavy atom. The second-order valence-corrected chi connectivity index (χ2v) is 8.54. The lowest BCUT2D eigenvalue weighted by molar-refractivity contribution is -0.145. The van der Waals surface area contributed by atoms with Gasteiger partial charge in [-0.25, -0.2) is 17.2 Å². The maximum atomic E-state index is 12.6. The number of carbonyl (C=O) groups is 1. The summed E-state index contributed by atoms with van der Waals surface area (Å²) in [5.41, 5.74) is 0. The molecule has 1 unspecified atom stereocenters. The molecule has 0 aromatic carbocycles. The van der Waals surface area contributed by atoms with Gasteiger partial charge < -0.3 is 9.84 Å². The molecular formula is C15H21F2N3O5S. The average molecular weight is 393 g/mol. The normalized spacial score (nSPS) is 25.8. The maximum Gasteiger partial charge on any atom is 0.309 e. The van der Waals surface area contributed by atoms with Crippen molar-refractivity contribution in [3.8, 4) is 0 Å². The summed E-state index contributed by atoms with van der Waals surface area (Å²) in [4.78, 5) is 11.2. The van der Waals surface area contributed by atoms with E-state index in [-0.39, 0.29) is 30.0 Å². The van der Waals surface area contributed by atoms with Crippen LogP contribution >= 0.6 is 0 Å². The number of piperidine rings is 1. The van der Waals surface area contributed by atoms with Crippen LogP contribution in [0.15, 0.2) is 17.3 Å². The average Bonchev–Trinajstić information content (AvgIpc) is 3.23. The van der Waals surface area contributed by atoms with E-state index in [1.54, 1.807) is 0 Å². The van der Waals surface area contributed by atoms with Crippen LogP contribution in [0.2, 0.25) is 0 Å². The number of hydrogen-bond acceptors (Lipinski definition) is 5. The fraction of sp³-hybridized carbons (Fsp3) is 0.733. The van der Waals surface area contributed by atoms with Gasteiger partial charge in [-0.3, -0.25) is 9.48 Å². The molecule has 0 radical (unpaired) electrons. The van der Waals surface area contributed by atoms with Crippen LogP contribution in [-0.2, 0) is 26.1 Å². The van der Waals surface area contributed by atoms with Crippen LogP contribution in [0.25, 0.3) is 0 Å². The SMILES string of the molecule is O=C(O)C1CCO[C@H]1C1CCN(S(=O)(=O)c2cnn(CC(F)F)c2)CC1. The largest absolute Gasteiger partial charge is 0.481 e. The minimum Gasteiger partial charge on any atom is -0.481 e. The van der Waals surface area contributed by atoms with Gasteiger partial charge in [0.15, 0.2) is 0 Å². The van der Waals surface area contributed by atoms with E-state index in [1.807, 2.05) is 0 Å². The molecule has 0 bridgehead atoms. The van der Waals surface area contributed by atoms with Crippen LogP contribution in [-0.4, -0.2) is 65.8 Å². The van der Waals surface area contributed by atoms with Gasteiger partial charge >= 0.3 is 5.97 Å². The first-order valence-corrected chi connectivity index (χ1v) is 9.88. The van der Waals surface area contributed by atoms with Gasteiger partial charge in [-0.2, -0.15) is 9.40 Å². The molecule has 11 heteroatoms. The van der Waals surface area contributed by atoms with Gasteiger partial charge in [0.25, 0.3) is 6.43 Å². The second-order valence-electron chi connectivity index (χ2n) is 6.60. The van der Waals surface area contributed by atoms with Gasteiger partial charge in [-0.15, -0.1) is 0 Å². The first-order chi connectivity index (χ1) is 12.3. The zero-order chi connectivity index (χ0) is 18.9. The topological polar surface area (TPSA) is 102 Å². The van der Waals surface area contributed by atoms with Crippen molar-refractivity contribution >= 4 is 16.0 Å². The number of nitrogens with zero attached hydrogens (tertiary/aromatic N) is 3. The van der Waals surface area contributed by atoms with Gasteiger partial charge in [0.1, 0.15) is 11.4 Å². The molecule has 2 saturated heterocycles. The van der Waals surface area contributed by atoms with Crippen LogP contribution in [0.4, 0.5) is 8.78 Å². The van der Waals surface area contributed by atoms with Crippen molar-refractivity contribution in [2.45, 2.75) is 43.2 Å². The van der Waals surface area contributed by atoms with Crippen LogP contribution in [0.5, 0.6) is 0 Å². The molecule has 3 rings (SSSR count). The number of carboxylic acid groups (broad SMARTS) is 1. The zero-order valence-electron chi connectivity index (χ0n) is 14.0. The number of ether oxygens (including phenoxy) is 1. The summed E-state index contributed by atoms with van der Waals surface area (Å²) >= 11 is 0. The summed E-state index contributed by atoms with van der Waals surface area (Å²) in [6.07, 6.45) is 0.652. The molecular weight excluding hydrogens is 372 g/mol. The van der Waals surface area contributed by atoms with Gasteiger partial charge in [0.2, 0.25) is 10.0 Å². The van der Waals surface area contributed by atoms with E-state index in [9.17, 15) is 27.1 Å². The third kappa shape index (κ3) is 3.89. The number of hydrogen-bond donors (Lipinski definition) is 1. The molecule has 146 valence electrons. The molecule has 2 aliphatic heterocycles. The highest BCUT2D eigenvalue weighted by molar-refractivity contribution is 7.89. The lowest BCUT2D eigenvalue weighted by Gasteiger charge is -2.34. The molecule has 2 fully saturated rings. The molecule has 3 heterocycles. The number of halogens is 2. The molecule has 0 spiro atoms. The lowest BCUT2D eigenvalue weighted by atomic mass is 9.85. The van der Waals surface area contributed by atoms with Crippen molar-refractivity contribution in [2.24, 2.45) is 11.8 Å². The lowest BCUT2D eigenvalue weighted by Crippen LogP contribution is -2.43. The molecule has 0 aliphatic carbocycles. The van der Waals surface area contributed by atoms with E-state index in [0.29, 0.717) is 25.9 Å². The zero-order valence-corrected chi connectivity index (χ0v) is 14.8. The summed E-state index contributed by atoms with van der Waals surface area (Å²) in [5, 5.41) is 12.9. The Hall–Kier alpha value is -1.59.